The Kier molecular flexibility index (Phi) is 5.05. The van der Waals surface area contributed by atoms with Crippen LogP contribution < -0.4 is 9.47 Å². The lowest BCUT2D eigenvalue weighted by Gasteiger charge is -2.33. The zero-order chi connectivity index (χ0) is 16.2. The van der Waals surface area contributed by atoms with E-state index < -0.39 is 5.60 Å². The van der Waals surface area contributed by atoms with Crippen LogP contribution in [0.4, 0.5) is 4.79 Å². The average Bonchev–Trinajstić information content (AvgIpc) is 2.46. The SMILES string of the molecule is COc1cncc(OC2CCCN(C(=O)OC(C)(C)C)C2)n1. The number of ether oxygens (including phenoxy) is 3. The normalized spacial score (nSPS) is 18.7. The minimum Gasteiger partial charge on any atom is -0.480 e. The Hall–Kier alpha value is -2.05. The first-order valence-corrected chi connectivity index (χ1v) is 7.38. The summed E-state index contributed by atoms with van der Waals surface area (Å²) in [4.78, 5) is 22.0. The number of piperidine rings is 1. The molecule has 7 nitrogen and oxygen atoms in total. The Labute approximate surface area is 130 Å². The Bertz CT molecular complexity index is 516. The maximum Gasteiger partial charge on any atom is 0.410 e. The molecule has 1 amide bonds. The first kappa shape index (κ1) is 16.3. The van der Waals surface area contributed by atoms with Crippen molar-refractivity contribution in [1.82, 2.24) is 14.9 Å². The van der Waals surface area contributed by atoms with Gasteiger partial charge in [-0.1, -0.05) is 0 Å². The van der Waals surface area contributed by atoms with Crippen LogP contribution in [-0.4, -0.2) is 52.9 Å². The van der Waals surface area contributed by atoms with E-state index in [1.165, 1.54) is 19.5 Å². The van der Waals surface area contributed by atoms with Crippen molar-refractivity contribution < 1.29 is 19.0 Å². The lowest BCUT2D eigenvalue weighted by atomic mass is 10.1. The summed E-state index contributed by atoms with van der Waals surface area (Å²) in [6, 6.07) is 0. The van der Waals surface area contributed by atoms with Gasteiger partial charge in [0.15, 0.2) is 0 Å². The smallest absolute Gasteiger partial charge is 0.410 e. The maximum absolute atomic E-state index is 12.1. The molecule has 1 aromatic rings. The lowest BCUT2D eigenvalue weighted by molar-refractivity contribution is 0.00711. The molecule has 1 fully saturated rings. The van der Waals surface area contributed by atoms with Gasteiger partial charge in [0.05, 0.1) is 26.0 Å². The Morgan fingerprint density at radius 3 is 2.73 bits per heavy atom. The van der Waals surface area contributed by atoms with E-state index in [0.29, 0.717) is 24.8 Å². The second-order valence-corrected chi connectivity index (χ2v) is 6.21. The fourth-order valence-electron chi connectivity index (χ4n) is 2.18. The minimum absolute atomic E-state index is 0.123. The van der Waals surface area contributed by atoms with Gasteiger partial charge in [-0.05, 0) is 33.6 Å². The Morgan fingerprint density at radius 1 is 1.32 bits per heavy atom. The first-order valence-electron chi connectivity index (χ1n) is 7.38. The number of amides is 1. The third kappa shape index (κ3) is 4.75. The van der Waals surface area contributed by atoms with Crippen molar-refractivity contribution in [2.45, 2.75) is 45.3 Å². The van der Waals surface area contributed by atoms with Crippen LogP contribution in [0.2, 0.25) is 0 Å². The first-order chi connectivity index (χ1) is 10.4. The number of hydrogen-bond donors (Lipinski definition) is 0. The molecule has 0 aliphatic carbocycles. The highest BCUT2D eigenvalue weighted by atomic mass is 16.6. The molecule has 22 heavy (non-hydrogen) atoms. The van der Waals surface area contributed by atoms with Crippen LogP contribution in [0.5, 0.6) is 11.8 Å². The number of hydrogen-bond acceptors (Lipinski definition) is 6. The number of rotatable bonds is 3. The van der Waals surface area contributed by atoms with E-state index in [0.717, 1.165) is 12.8 Å². The van der Waals surface area contributed by atoms with E-state index in [1.807, 2.05) is 20.8 Å². The van der Waals surface area contributed by atoms with Crippen molar-refractivity contribution in [2.24, 2.45) is 0 Å². The van der Waals surface area contributed by atoms with E-state index in [1.54, 1.807) is 4.90 Å². The molecule has 2 rings (SSSR count). The summed E-state index contributed by atoms with van der Waals surface area (Å²) in [5, 5.41) is 0. The zero-order valence-corrected chi connectivity index (χ0v) is 13.5. The second-order valence-electron chi connectivity index (χ2n) is 6.21. The number of aromatic nitrogens is 2. The Morgan fingerprint density at radius 2 is 2.05 bits per heavy atom. The van der Waals surface area contributed by atoms with E-state index in [4.69, 9.17) is 14.2 Å². The predicted molar refractivity (Wildman–Crippen MR) is 80.0 cm³/mol. The van der Waals surface area contributed by atoms with Crippen molar-refractivity contribution in [1.29, 1.82) is 0 Å². The number of likely N-dealkylation sites (tertiary alicyclic amines) is 1. The third-order valence-corrected chi connectivity index (χ3v) is 3.12. The highest BCUT2D eigenvalue weighted by Crippen LogP contribution is 2.19. The van der Waals surface area contributed by atoms with Gasteiger partial charge in [0.25, 0.3) is 0 Å². The van der Waals surface area contributed by atoms with Crippen LogP contribution in [0.3, 0.4) is 0 Å². The third-order valence-electron chi connectivity index (χ3n) is 3.12. The molecule has 0 radical (unpaired) electrons. The summed E-state index contributed by atoms with van der Waals surface area (Å²) in [6.45, 7) is 6.73. The molecule has 1 aliphatic heterocycles. The summed E-state index contributed by atoms with van der Waals surface area (Å²) in [5.74, 6) is 0.799. The molecular formula is C15H23N3O4. The molecule has 1 aromatic heterocycles. The molecular weight excluding hydrogens is 286 g/mol. The van der Waals surface area contributed by atoms with E-state index in [2.05, 4.69) is 9.97 Å². The van der Waals surface area contributed by atoms with Crippen LogP contribution in [0.15, 0.2) is 12.4 Å². The second kappa shape index (κ2) is 6.81. The van der Waals surface area contributed by atoms with Crippen LogP contribution in [0, 0.1) is 0 Å². The lowest BCUT2D eigenvalue weighted by Crippen LogP contribution is -2.46. The summed E-state index contributed by atoms with van der Waals surface area (Å²) in [5.41, 5.74) is -0.497. The molecule has 0 spiro atoms. The molecule has 1 unspecified atom stereocenters. The summed E-state index contributed by atoms with van der Waals surface area (Å²) >= 11 is 0. The fourth-order valence-corrected chi connectivity index (χ4v) is 2.18. The van der Waals surface area contributed by atoms with Gasteiger partial charge >= 0.3 is 6.09 Å². The van der Waals surface area contributed by atoms with Gasteiger partial charge in [-0.15, -0.1) is 0 Å². The van der Waals surface area contributed by atoms with Crippen molar-refractivity contribution in [3.63, 3.8) is 0 Å². The van der Waals surface area contributed by atoms with Gasteiger partial charge in [0.2, 0.25) is 11.8 Å². The molecule has 0 aromatic carbocycles. The van der Waals surface area contributed by atoms with Gasteiger partial charge in [-0.2, -0.15) is 4.98 Å². The quantitative estimate of drug-likeness (QED) is 0.852. The summed E-state index contributed by atoms with van der Waals surface area (Å²) < 4.78 is 16.2. The number of carbonyl (C=O) groups is 1. The zero-order valence-electron chi connectivity index (χ0n) is 13.5. The van der Waals surface area contributed by atoms with Gasteiger partial charge in [-0.25, -0.2) is 4.79 Å². The van der Waals surface area contributed by atoms with Crippen LogP contribution in [0.25, 0.3) is 0 Å². The predicted octanol–water partition coefficient (Wildman–Crippen LogP) is 2.26. The van der Waals surface area contributed by atoms with Gasteiger partial charge in [0.1, 0.15) is 11.7 Å². The highest BCUT2D eigenvalue weighted by Gasteiger charge is 2.28. The topological polar surface area (TPSA) is 73.8 Å². The fraction of sp³-hybridized carbons (Fsp3) is 0.667. The van der Waals surface area contributed by atoms with Gasteiger partial charge < -0.3 is 19.1 Å². The van der Waals surface area contributed by atoms with Gasteiger partial charge in [0, 0.05) is 6.54 Å². The maximum atomic E-state index is 12.1. The van der Waals surface area contributed by atoms with Crippen molar-refractivity contribution in [3.8, 4) is 11.8 Å². The Balaban J connectivity index is 1.94. The molecule has 7 heteroatoms. The van der Waals surface area contributed by atoms with Crippen LogP contribution >= 0.6 is 0 Å². The number of nitrogens with zero attached hydrogens (tertiary/aromatic N) is 3. The van der Waals surface area contributed by atoms with Crippen LogP contribution in [0.1, 0.15) is 33.6 Å². The molecule has 1 atom stereocenters. The highest BCUT2D eigenvalue weighted by molar-refractivity contribution is 5.68. The largest absolute Gasteiger partial charge is 0.480 e. The standard InChI is InChI=1S/C15H23N3O4/c1-15(2,3)22-14(19)18-7-5-6-11(10-18)21-13-9-16-8-12(17-13)20-4/h8-9,11H,5-7,10H2,1-4H3. The van der Waals surface area contributed by atoms with Crippen molar-refractivity contribution in [2.75, 3.05) is 20.2 Å². The van der Waals surface area contributed by atoms with Crippen molar-refractivity contribution in [3.05, 3.63) is 12.4 Å². The number of methoxy groups -OCH3 is 1. The summed E-state index contributed by atoms with van der Waals surface area (Å²) in [7, 11) is 1.53. The summed E-state index contributed by atoms with van der Waals surface area (Å²) in [6.07, 6.45) is 4.34. The van der Waals surface area contributed by atoms with Crippen molar-refractivity contribution >= 4 is 6.09 Å². The molecule has 122 valence electrons. The number of carbonyl (C=O) groups excluding carboxylic acids is 1. The molecule has 1 saturated heterocycles. The molecule has 2 heterocycles. The molecule has 0 N–H and O–H groups in total. The molecule has 1 aliphatic rings. The van der Waals surface area contributed by atoms with E-state index in [9.17, 15) is 4.79 Å². The average molecular weight is 309 g/mol. The van der Waals surface area contributed by atoms with Gasteiger partial charge in [-0.3, -0.25) is 4.98 Å². The molecule has 0 bridgehead atoms. The monoisotopic (exact) mass is 309 g/mol. The minimum atomic E-state index is -0.497. The molecule has 0 saturated carbocycles. The van der Waals surface area contributed by atoms with E-state index >= 15 is 0 Å². The van der Waals surface area contributed by atoms with E-state index in [-0.39, 0.29) is 12.2 Å². The van der Waals surface area contributed by atoms with Crippen LogP contribution in [-0.2, 0) is 4.74 Å².